The highest BCUT2D eigenvalue weighted by Crippen LogP contribution is 1.91. The first-order valence-corrected chi connectivity index (χ1v) is 4.03. The van der Waals surface area contributed by atoms with Gasteiger partial charge in [-0.2, -0.15) is 4.89 Å². The molecule has 6 heteroatoms. The normalized spacial score (nSPS) is 11.3. The highest BCUT2D eigenvalue weighted by molar-refractivity contribution is 5.81. The highest BCUT2D eigenvalue weighted by atomic mass is 17.2. The Morgan fingerprint density at radius 1 is 1.20 bits per heavy atom. The van der Waals surface area contributed by atoms with Gasteiger partial charge in [0.05, 0.1) is 0 Å². The Morgan fingerprint density at radius 2 is 1.80 bits per heavy atom. The molecule has 0 aromatic heterocycles. The second kappa shape index (κ2) is 7.72. The number of esters is 1. The van der Waals surface area contributed by atoms with Crippen LogP contribution in [-0.2, 0) is 24.1 Å². The van der Waals surface area contributed by atoms with Crippen molar-refractivity contribution >= 4 is 11.9 Å². The Labute approximate surface area is 86.7 Å². The fraction of sp³-hybridized carbons (Fsp3) is 0.333. The van der Waals surface area contributed by atoms with Gasteiger partial charge in [-0.3, -0.25) is 4.89 Å². The van der Waals surface area contributed by atoms with Gasteiger partial charge in [-0.25, -0.2) is 9.59 Å². The van der Waals surface area contributed by atoms with E-state index in [1.807, 2.05) is 0 Å². The van der Waals surface area contributed by atoms with E-state index < -0.39 is 18.0 Å². The van der Waals surface area contributed by atoms with Crippen molar-refractivity contribution in [3.8, 4) is 0 Å². The second-order valence-corrected chi connectivity index (χ2v) is 2.38. The van der Waals surface area contributed by atoms with Crippen LogP contribution in [0.1, 0.15) is 0 Å². The summed E-state index contributed by atoms with van der Waals surface area (Å²) >= 11 is 0. The average molecular weight is 216 g/mol. The van der Waals surface area contributed by atoms with E-state index in [1.165, 1.54) is 0 Å². The molecule has 0 fully saturated rings. The van der Waals surface area contributed by atoms with Crippen LogP contribution in [0.5, 0.6) is 0 Å². The van der Waals surface area contributed by atoms with Gasteiger partial charge < -0.3 is 9.84 Å². The first-order valence-electron chi connectivity index (χ1n) is 4.03. The van der Waals surface area contributed by atoms with E-state index in [0.29, 0.717) is 0 Å². The van der Waals surface area contributed by atoms with Crippen molar-refractivity contribution in [3.63, 3.8) is 0 Å². The van der Waals surface area contributed by atoms with Gasteiger partial charge in [0.25, 0.3) is 0 Å². The van der Waals surface area contributed by atoms with Gasteiger partial charge in [0.15, 0.2) is 0 Å². The van der Waals surface area contributed by atoms with E-state index in [0.717, 1.165) is 12.2 Å². The largest absolute Gasteiger partial charge is 0.460 e. The van der Waals surface area contributed by atoms with Gasteiger partial charge in [-0.15, -0.1) is 0 Å². The maximum atomic E-state index is 10.6. The SMILES string of the molecule is C=CC(=O)OCC(O)COOC(=O)C=C. The van der Waals surface area contributed by atoms with Crippen LogP contribution in [0.25, 0.3) is 0 Å². The summed E-state index contributed by atoms with van der Waals surface area (Å²) in [5.41, 5.74) is 0. The van der Waals surface area contributed by atoms with Crippen molar-refractivity contribution in [2.24, 2.45) is 0 Å². The van der Waals surface area contributed by atoms with Crippen LogP contribution in [0.15, 0.2) is 25.3 Å². The van der Waals surface area contributed by atoms with Gasteiger partial charge in [-0.05, 0) is 0 Å². The number of ether oxygens (including phenoxy) is 1. The van der Waals surface area contributed by atoms with Crippen LogP contribution in [0.4, 0.5) is 0 Å². The molecule has 0 aromatic rings. The van der Waals surface area contributed by atoms with Crippen molar-refractivity contribution < 1.29 is 29.2 Å². The number of rotatable bonds is 7. The van der Waals surface area contributed by atoms with Gasteiger partial charge in [-0.1, -0.05) is 13.2 Å². The Balaban J connectivity index is 3.52. The lowest BCUT2D eigenvalue weighted by atomic mass is 10.4. The minimum atomic E-state index is -1.08. The molecule has 0 amide bonds. The molecular weight excluding hydrogens is 204 g/mol. The van der Waals surface area contributed by atoms with Gasteiger partial charge in [0.2, 0.25) is 0 Å². The van der Waals surface area contributed by atoms with Crippen LogP contribution < -0.4 is 0 Å². The molecule has 0 rings (SSSR count). The lowest BCUT2D eigenvalue weighted by Crippen LogP contribution is -2.23. The van der Waals surface area contributed by atoms with Crippen molar-refractivity contribution in [2.45, 2.75) is 6.10 Å². The molecule has 0 aromatic carbocycles. The second-order valence-electron chi connectivity index (χ2n) is 2.38. The van der Waals surface area contributed by atoms with Gasteiger partial charge >= 0.3 is 11.9 Å². The summed E-state index contributed by atoms with van der Waals surface area (Å²) in [6.07, 6.45) is 0.793. The third-order valence-corrected chi connectivity index (χ3v) is 1.15. The molecule has 0 saturated heterocycles. The minimum absolute atomic E-state index is 0.267. The van der Waals surface area contributed by atoms with E-state index in [-0.39, 0.29) is 13.2 Å². The van der Waals surface area contributed by atoms with Gasteiger partial charge in [0.1, 0.15) is 19.3 Å². The summed E-state index contributed by atoms with van der Waals surface area (Å²) in [5.74, 6) is -1.43. The number of aliphatic hydroxyl groups excluding tert-OH is 1. The van der Waals surface area contributed by atoms with Crippen molar-refractivity contribution in [3.05, 3.63) is 25.3 Å². The van der Waals surface area contributed by atoms with E-state index in [9.17, 15) is 9.59 Å². The topological polar surface area (TPSA) is 82.1 Å². The van der Waals surface area contributed by atoms with E-state index in [1.54, 1.807) is 0 Å². The number of hydrogen-bond donors (Lipinski definition) is 1. The fourth-order valence-corrected chi connectivity index (χ4v) is 0.490. The summed E-state index contributed by atoms with van der Waals surface area (Å²) in [6.45, 7) is 5.73. The zero-order chi connectivity index (χ0) is 11.7. The number of carbonyl (C=O) groups is 2. The zero-order valence-corrected chi connectivity index (χ0v) is 8.05. The van der Waals surface area contributed by atoms with E-state index in [2.05, 4.69) is 27.7 Å². The average Bonchev–Trinajstić information content (AvgIpc) is 2.25. The molecular formula is C9H12O6. The third-order valence-electron chi connectivity index (χ3n) is 1.15. The minimum Gasteiger partial charge on any atom is -0.460 e. The Morgan fingerprint density at radius 3 is 2.33 bits per heavy atom. The molecule has 0 saturated carbocycles. The van der Waals surface area contributed by atoms with Crippen molar-refractivity contribution in [2.75, 3.05) is 13.2 Å². The zero-order valence-electron chi connectivity index (χ0n) is 8.05. The Kier molecular flexibility index (Phi) is 6.86. The first-order chi connectivity index (χ1) is 7.10. The van der Waals surface area contributed by atoms with E-state index in [4.69, 9.17) is 5.11 Å². The molecule has 0 heterocycles. The summed E-state index contributed by atoms with van der Waals surface area (Å²) in [7, 11) is 0. The lowest BCUT2D eigenvalue weighted by Gasteiger charge is -2.09. The predicted molar refractivity (Wildman–Crippen MR) is 49.4 cm³/mol. The molecule has 0 bridgehead atoms. The molecule has 15 heavy (non-hydrogen) atoms. The molecule has 84 valence electrons. The van der Waals surface area contributed by atoms with Crippen LogP contribution in [0.3, 0.4) is 0 Å². The van der Waals surface area contributed by atoms with Crippen molar-refractivity contribution in [1.82, 2.24) is 0 Å². The Bertz CT molecular complexity index is 247. The molecule has 0 aliphatic carbocycles. The molecule has 0 aliphatic heterocycles. The Hall–Kier alpha value is -1.66. The lowest BCUT2D eigenvalue weighted by molar-refractivity contribution is -0.278. The van der Waals surface area contributed by atoms with Crippen LogP contribution in [-0.4, -0.2) is 36.4 Å². The van der Waals surface area contributed by atoms with Crippen molar-refractivity contribution in [1.29, 1.82) is 0 Å². The number of carbonyl (C=O) groups excluding carboxylic acids is 2. The molecule has 1 unspecified atom stereocenters. The summed E-state index contributed by atoms with van der Waals surface area (Å²) in [6, 6.07) is 0. The molecule has 1 N–H and O–H groups in total. The summed E-state index contributed by atoms with van der Waals surface area (Å²) < 4.78 is 4.49. The third kappa shape index (κ3) is 7.41. The van der Waals surface area contributed by atoms with Gasteiger partial charge in [0, 0.05) is 12.2 Å². The quantitative estimate of drug-likeness (QED) is 0.273. The predicted octanol–water partition coefficient (Wildman–Crippen LogP) is -0.263. The summed E-state index contributed by atoms with van der Waals surface area (Å²) in [5, 5.41) is 9.13. The number of hydrogen-bond acceptors (Lipinski definition) is 6. The molecule has 0 aliphatic rings. The van der Waals surface area contributed by atoms with E-state index >= 15 is 0 Å². The maximum Gasteiger partial charge on any atom is 0.365 e. The summed E-state index contributed by atoms with van der Waals surface area (Å²) in [4.78, 5) is 29.5. The smallest absolute Gasteiger partial charge is 0.365 e. The first kappa shape index (κ1) is 13.3. The number of aliphatic hydroxyl groups is 1. The molecule has 0 spiro atoms. The molecule has 6 nitrogen and oxygen atoms in total. The maximum absolute atomic E-state index is 10.6. The van der Waals surface area contributed by atoms with Crippen LogP contribution >= 0.6 is 0 Å². The fourth-order valence-electron chi connectivity index (χ4n) is 0.490. The van der Waals surface area contributed by atoms with Crippen LogP contribution in [0.2, 0.25) is 0 Å². The standard InChI is InChI=1S/C9H12O6/c1-3-8(11)13-5-7(10)6-14-15-9(12)4-2/h3-4,7,10H,1-2,5-6H2. The van der Waals surface area contributed by atoms with Crippen LogP contribution in [0, 0.1) is 0 Å². The highest BCUT2D eigenvalue weighted by Gasteiger charge is 2.08. The monoisotopic (exact) mass is 216 g/mol. The molecule has 1 atom stereocenters. The molecule has 0 radical (unpaired) electrons.